The van der Waals surface area contributed by atoms with Gasteiger partial charge < -0.3 is 16.2 Å². The zero-order valence-electron chi connectivity index (χ0n) is 10.3. The molecule has 0 saturated heterocycles. The molecule has 0 fully saturated rings. The summed E-state index contributed by atoms with van der Waals surface area (Å²) in [5.41, 5.74) is 4.96. The number of aliphatic hydroxyl groups is 1. The van der Waals surface area contributed by atoms with Gasteiger partial charge in [-0.05, 0) is 33.6 Å². The first-order chi connectivity index (χ1) is 6.72. The van der Waals surface area contributed by atoms with Crippen molar-refractivity contribution in [3.63, 3.8) is 0 Å². The van der Waals surface area contributed by atoms with E-state index >= 15 is 0 Å². The summed E-state index contributed by atoms with van der Waals surface area (Å²) < 4.78 is 0. The van der Waals surface area contributed by atoms with Gasteiger partial charge in [0, 0.05) is 12.0 Å². The van der Waals surface area contributed by atoms with Crippen molar-refractivity contribution in [3.8, 4) is 0 Å². The van der Waals surface area contributed by atoms with Gasteiger partial charge in [0.25, 0.3) is 0 Å². The Labute approximate surface area is 92.2 Å². The molecule has 90 valence electrons. The summed E-state index contributed by atoms with van der Waals surface area (Å²) >= 11 is 0. The highest BCUT2D eigenvalue weighted by Crippen LogP contribution is 2.11. The number of hydrogen-bond acceptors (Lipinski definition) is 3. The zero-order chi connectivity index (χ0) is 12.1. The normalized spacial score (nSPS) is 15.9. The van der Waals surface area contributed by atoms with E-state index in [0.717, 1.165) is 0 Å². The van der Waals surface area contributed by atoms with E-state index in [1.165, 1.54) is 0 Å². The molecule has 1 atom stereocenters. The van der Waals surface area contributed by atoms with Crippen molar-refractivity contribution in [2.24, 2.45) is 5.73 Å². The number of amides is 1. The lowest BCUT2D eigenvalue weighted by Gasteiger charge is -2.28. The molecule has 1 unspecified atom stereocenters. The second-order valence-electron chi connectivity index (χ2n) is 5.11. The van der Waals surface area contributed by atoms with Gasteiger partial charge in [-0.2, -0.15) is 0 Å². The zero-order valence-corrected chi connectivity index (χ0v) is 10.3. The van der Waals surface area contributed by atoms with Crippen molar-refractivity contribution in [1.82, 2.24) is 5.32 Å². The van der Waals surface area contributed by atoms with Gasteiger partial charge in [-0.3, -0.25) is 4.79 Å². The number of nitrogens with two attached hydrogens (primary N) is 1. The number of carbonyl (C=O) groups is 1. The molecule has 4 heteroatoms. The summed E-state index contributed by atoms with van der Waals surface area (Å²) in [5, 5.41) is 11.9. The van der Waals surface area contributed by atoms with E-state index in [1.807, 2.05) is 27.7 Å². The van der Waals surface area contributed by atoms with Crippen LogP contribution in [0.2, 0.25) is 0 Å². The first-order valence-corrected chi connectivity index (χ1v) is 5.43. The van der Waals surface area contributed by atoms with E-state index in [9.17, 15) is 4.79 Å². The number of hydrogen-bond donors (Lipinski definition) is 3. The molecule has 0 bridgehead atoms. The molecule has 0 aromatic heterocycles. The molecule has 0 rings (SSSR count). The minimum absolute atomic E-state index is 0.0404. The maximum absolute atomic E-state index is 11.5. The molecule has 0 radical (unpaired) electrons. The van der Waals surface area contributed by atoms with Crippen molar-refractivity contribution in [2.75, 3.05) is 6.61 Å². The van der Waals surface area contributed by atoms with Gasteiger partial charge in [0.1, 0.15) is 0 Å². The highest BCUT2D eigenvalue weighted by Gasteiger charge is 2.23. The third kappa shape index (κ3) is 6.47. The fraction of sp³-hybridized carbons (Fsp3) is 0.909. The SMILES string of the molecule is CCC(C)(CO)NC(=O)CCC(C)(C)N. The Bertz CT molecular complexity index is 205. The van der Waals surface area contributed by atoms with Crippen LogP contribution in [0.3, 0.4) is 0 Å². The average Bonchev–Trinajstić information content (AvgIpc) is 2.13. The predicted molar refractivity (Wildman–Crippen MR) is 61.4 cm³/mol. The van der Waals surface area contributed by atoms with Crippen LogP contribution >= 0.6 is 0 Å². The van der Waals surface area contributed by atoms with Gasteiger partial charge in [0.05, 0.1) is 12.1 Å². The molecule has 0 saturated carbocycles. The maximum atomic E-state index is 11.5. The van der Waals surface area contributed by atoms with E-state index in [4.69, 9.17) is 10.8 Å². The van der Waals surface area contributed by atoms with Gasteiger partial charge in [-0.15, -0.1) is 0 Å². The van der Waals surface area contributed by atoms with Gasteiger partial charge in [-0.25, -0.2) is 0 Å². The number of aliphatic hydroxyl groups excluding tert-OH is 1. The smallest absolute Gasteiger partial charge is 0.220 e. The van der Waals surface area contributed by atoms with Crippen LogP contribution in [0.5, 0.6) is 0 Å². The lowest BCUT2D eigenvalue weighted by molar-refractivity contribution is -0.123. The number of rotatable bonds is 6. The first kappa shape index (κ1) is 14.4. The third-order valence-electron chi connectivity index (χ3n) is 2.57. The summed E-state index contributed by atoms with van der Waals surface area (Å²) in [6, 6.07) is 0. The molecule has 0 heterocycles. The molecule has 15 heavy (non-hydrogen) atoms. The average molecular weight is 216 g/mol. The predicted octanol–water partition coefficient (Wildman–Crippen LogP) is 0.781. The highest BCUT2D eigenvalue weighted by molar-refractivity contribution is 5.76. The molecule has 0 aromatic rings. The van der Waals surface area contributed by atoms with Crippen molar-refractivity contribution >= 4 is 5.91 Å². The summed E-state index contributed by atoms with van der Waals surface area (Å²) in [4.78, 5) is 11.5. The Morgan fingerprint density at radius 2 is 1.93 bits per heavy atom. The fourth-order valence-corrected chi connectivity index (χ4v) is 1.07. The first-order valence-electron chi connectivity index (χ1n) is 5.43. The summed E-state index contributed by atoms with van der Waals surface area (Å²) in [6.07, 6.45) is 1.75. The van der Waals surface area contributed by atoms with Crippen LogP contribution in [0.25, 0.3) is 0 Å². The highest BCUT2D eigenvalue weighted by atomic mass is 16.3. The van der Waals surface area contributed by atoms with Gasteiger partial charge in [0.2, 0.25) is 5.91 Å². The van der Waals surface area contributed by atoms with Crippen LogP contribution in [0.15, 0.2) is 0 Å². The molecule has 0 aliphatic heterocycles. The monoisotopic (exact) mass is 216 g/mol. The van der Waals surface area contributed by atoms with E-state index in [1.54, 1.807) is 0 Å². The Morgan fingerprint density at radius 3 is 2.27 bits per heavy atom. The van der Waals surface area contributed by atoms with Crippen molar-refractivity contribution in [3.05, 3.63) is 0 Å². The van der Waals surface area contributed by atoms with E-state index in [2.05, 4.69) is 5.32 Å². The largest absolute Gasteiger partial charge is 0.394 e. The third-order valence-corrected chi connectivity index (χ3v) is 2.57. The van der Waals surface area contributed by atoms with E-state index in [-0.39, 0.29) is 18.1 Å². The van der Waals surface area contributed by atoms with Crippen molar-refractivity contribution in [1.29, 1.82) is 0 Å². The molecule has 4 nitrogen and oxygen atoms in total. The van der Waals surface area contributed by atoms with Crippen LogP contribution in [0.1, 0.15) is 47.0 Å². The maximum Gasteiger partial charge on any atom is 0.220 e. The van der Waals surface area contributed by atoms with E-state index < -0.39 is 5.54 Å². The van der Waals surface area contributed by atoms with Crippen LogP contribution < -0.4 is 11.1 Å². The van der Waals surface area contributed by atoms with Crippen LogP contribution in [-0.2, 0) is 4.79 Å². The molecule has 1 amide bonds. The molecule has 4 N–H and O–H groups in total. The Hall–Kier alpha value is -0.610. The molecule has 0 aromatic carbocycles. The second-order valence-corrected chi connectivity index (χ2v) is 5.11. The minimum Gasteiger partial charge on any atom is -0.394 e. The van der Waals surface area contributed by atoms with E-state index in [0.29, 0.717) is 19.3 Å². The topological polar surface area (TPSA) is 75.3 Å². The molecular formula is C11H24N2O2. The van der Waals surface area contributed by atoms with Gasteiger partial charge >= 0.3 is 0 Å². The second kappa shape index (κ2) is 5.47. The summed E-state index contributed by atoms with van der Waals surface area (Å²) in [7, 11) is 0. The minimum atomic E-state index is -0.504. The molecule has 0 spiro atoms. The van der Waals surface area contributed by atoms with Gasteiger partial charge in [0.15, 0.2) is 0 Å². The molecule has 0 aliphatic carbocycles. The quantitative estimate of drug-likeness (QED) is 0.614. The van der Waals surface area contributed by atoms with Crippen molar-refractivity contribution in [2.45, 2.75) is 58.0 Å². The van der Waals surface area contributed by atoms with Crippen molar-refractivity contribution < 1.29 is 9.90 Å². The standard InChI is InChI=1S/C11H24N2O2/c1-5-11(4,8-14)13-9(15)6-7-10(2,3)12/h14H,5-8,12H2,1-4H3,(H,13,15). The Balaban J connectivity index is 4.04. The fourth-order valence-electron chi connectivity index (χ4n) is 1.07. The Morgan fingerprint density at radius 1 is 1.40 bits per heavy atom. The van der Waals surface area contributed by atoms with Gasteiger partial charge in [-0.1, -0.05) is 6.92 Å². The van der Waals surface area contributed by atoms with Crippen LogP contribution in [0, 0.1) is 0 Å². The lowest BCUT2D eigenvalue weighted by Crippen LogP contribution is -2.48. The molecule has 0 aliphatic rings. The summed E-state index contributed by atoms with van der Waals surface area (Å²) in [6.45, 7) is 7.51. The van der Waals surface area contributed by atoms with Crippen LogP contribution in [0.4, 0.5) is 0 Å². The lowest BCUT2D eigenvalue weighted by atomic mass is 9.97. The van der Waals surface area contributed by atoms with Crippen LogP contribution in [-0.4, -0.2) is 28.7 Å². The molecular weight excluding hydrogens is 192 g/mol. The number of nitrogens with one attached hydrogen (secondary N) is 1. The number of carbonyl (C=O) groups excluding carboxylic acids is 1. The summed E-state index contributed by atoms with van der Waals surface area (Å²) in [5.74, 6) is -0.0491. The Kier molecular flexibility index (Phi) is 5.24.